The van der Waals surface area contributed by atoms with Gasteiger partial charge in [-0.25, -0.2) is 4.79 Å². The van der Waals surface area contributed by atoms with Crippen molar-refractivity contribution in [1.29, 1.82) is 0 Å². The number of ether oxygens (including phenoxy) is 1. The largest absolute Gasteiger partial charge is 0.507 e. The van der Waals surface area contributed by atoms with E-state index in [1.807, 2.05) is 43.3 Å². The van der Waals surface area contributed by atoms with Crippen molar-refractivity contribution in [2.75, 3.05) is 39.4 Å². The Bertz CT molecular complexity index is 1070. The van der Waals surface area contributed by atoms with Gasteiger partial charge in [0, 0.05) is 23.8 Å². The van der Waals surface area contributed by atoms with Gasteiger partial charge in [0.25, 0.3) is 0 Å². The highest BCUT2D eigenvalue weighted by Gasteiger charge is 2.18. The molecular formula is C25H32N2O4+2. The molecule has 1 fully saturated rings. The fraction of sp³-hybridized carbons (Fsp3) is 0.400. The third-order valence-electron chi connectivity index (χ3n) is 6.24. The van der Waals surface area contributed by atoms with Crippen LogP contribution < -0.4 is 15.8 Å². The molecule has 0 saturated carbocycles. The third-order valence-corrected chi connectivity index (χ3v) is 6.24. The van der Waals surface area contributed by atoms with E-state index < -0.39 is 0 Å². The summed E-state index contributed by atoms with van der Waals surface area (Å²) in [6.07, 6.45) is 1.64. The molecule has 1 aromatic heterocycles. The van der Waals surface area contributed by atoms with Crippen LogP contribution in [0.1, 0.15) is 28.7 Å². The minimum absolute atomic E-state index is 0.181. The van der Waals surface area contributed by atoms with Gasteiger partial charge in [0.15, 0.2) is 5.58 Å². The van der Waals surface area contributed by atoms with Crippen molar-refractivity contribution in [3.63, 3.8) is 0 Å². The fourth-order valence-corrected chi connectivity index (χ4v) is 4.35. The molecule has 1 saturated heterocycles. The SMILES string of the molecule is Cc1c(Cc2ccccc2)c(=O)oc2c(C[NH2+]CCC[NH+]3CCOCC3)c(O)ccc12. The molecule has 4 rings (SSSR count). The highest BCUT2D eigenvalue weighted by Crippen LogP contribution is 2.29. The summed E-state index contributed by atoms with van der Waals surface area (Å²) in [7, 11) is 0. The van der Waals surface area contributed by atoms with Crippen LogP contribution in [0, 0.1) is 6.92 Å². The molecule has 1 aliphatic heterocycles. The Morgan fingerprint density at radius 3 is 2.61 bits per heavy atom. The number of hydrogen-bond acceptors (Lipinski definition) is 4. The minimum atomic E-state index is -0.323. The molecule has 0 spiro atoms. The first kappa shape index (κ1) is 21.6. The van der Waals surface area contributed by atoms with Crippen LogP contribution in [0.15, 0.2) is 51.7 Å². The summed E-state index contributed by atoms with van der Waals surface area (Å²) in [6.45, 7) is 8.53. The second-order valence-electron chi connectivity index (χ2n) is 8.34. The quantitative estimate of drug-likeness (QED) is 0.369. The predicted octanol–water partition coefficient (Wildman–Crippen LogP) is 0.766. The van der Waals surface area contributed by atoms with Crippen LogP contribution in [0.25, 0.3) is 11.0 Å². The van der Waals surface area contributed by atoms with Crippen molar-refractivity contribution < 1.29 is 24.5 Å². The van der Waals surface area contributed by atoms with Crippen molar-refractivity contribution in [2.24, 2.45) is 0 Å². The number of nitrogens with two attached hydrogens (primary N) is 1. The molecule has 164 valence electrons. The Balaban J connectivity index is 1.48. The number of benzene rings is 2. The average Bonchev–Trinajstić information content (AvgIpc) is 2.79. The molecule has 6 nitrogen and oxygen atoms in total. The maximum Gasteiger partial charge on any atom is 0.340 e. The van der Waals surface area contributed by atoms with Crippen LogP contribution in [0.4, 0.5) is 0 Å². The molecule has 1 aliphatic rings. The van der Waals surface area contributed by atoms with Crippen molar-refractivity contribution >= 4 is 11.0 Å². The molecular weight excluding hydrogens is 392 g/mol. The van der Waals surface area contributed by atoms with Crippen LogP contribution in [0.3, 0.4) is 0 Å². The number of aryl methyl sites for hydroxylation is 1. The van der Waals surface area contributed by atoms with Gasteiger partial charge >= 0.3 is 5.63 Å². The van der Waals surface area contributed by atoms with E-state index in [-0.39, 0.29) is 11.4 Å². The first-order chi connectivity index (χ1) is 15.1. The summed E-state index contributed by atoms with van der Waals surface area (Å²) < 4.78 is 11.2. The summed E-state index contributed by atoms with van der Waals surface area (Å²) in [5.74, 6) is 0.181. The molecule has 31 heavy (non-hydrogen) atoms. The predicted molar refractivity (Wildman–Crippen MR) is 120 cm³/mol. The van der Waals surface area contributed by atoms with Crippen molar-refractivity contribution in [3.8, 4) is 5.75 Å². The lowest BCUT2D eigenvalue weighted by molar-refractivity contribution is -0.909. The molecule has 4 N–H and O–H groups in total. The van der Waals surface area contributed by atoms with E-state index in [0.717, 1.165) is 62.3 Å². The van der Waals surface area contributed by atoms with Crippen LogP contribution in [0.2, 0.25) is 0 Å². The molecule has 6 heteroatoms. The summed E-state index contributed by atoms with van der Waals surface area (Å²) in [6, 6.07) is 13.5. The monoisotopic (exact) mass is 424 g/mol. The zero-order valence-electron chi connectivity index (χ0n) is 18.2. The lowest BCUT2D eigenvalue weighted by Crippen LogP contribution is -3.14. The molecule has 3 aromatic rings. The number of hydrogen-bond donors (Lipinski definition) is 3. The summed E-state index contributed by atoms with van der Waals surface area (Å²) in [4.78, 5) is 14.4. The molecule has 0 amide bonds. The van der Waals surface area contributed by atoms with Gasteiger partial charge in [0.05, 0.1) is 31.9 Å². The number of fused-ring (bicyclic) bond motifs is 1. The molecule has 2 heterocycles. The second-order valence-corrected chi connectivity index (χ2v) is 8.34. The Morgan fingerprint density at radius 1 is 1.06 bits per heavy atom. The standard InChI is InChI=1S/C25H30N2O4/c1-18-20-8-9-23(28)22(17-26-10-5-11-27-12-14-30-15-13-27)24(20)31-25(29)21(18)16-19-6-3-2-4-7-19/h2-4,6-9,26,28H,5,10-17H2,1H3/p+2. The summed E-state index contributed by atoms with van der Waals surface area (Å²) in [5.41, 5.74) is 3.56. The Kier molecular flexibility index (Phi) is 7.02. The Labute approximate surface area is 182 Å². The Hall–Kier alpha value is -2.67. The van der Waals surface area contributed by atoms with Gasteiger partial charge < -0.3 is 24.5 Å². The fourth-order valence-electron chi connectivity index (χ4n) is 4.35. The number of rotatable bonds is 8. The number of nitrogens with one attached hydrogen (secondary N) is 1. The van der Waals surface area contributed by atoms with Gasteiger partial charge in [-0.3, -0.25) is 0 Å². The van der Waals surface area contributed by atoms with Gasteiger partial charge in [0.2, 0.25) is 0 Å². The molecule has 0 radical (unpaired) electrons. The van der Waals surface area contributed by atoms with Crippen molar-refractivity contribution in [3.05, 3.63) is 75.1 Å². The van der Waals surface area contributed by atoms with E-state index in [0.29, 0.717) is 29.7 Å². The van der Waals surface area contributed by atoms with Gasteiger partial charge in [-0.2, -0.15) is 0 Å². The first-order valence-corrected chi connectivity index (χ1v) is 11.2. The van der Waals surface area contributed by atoms with Gasteiger partial charge in [0.1, 0.15) is 25.4 Å². The number of phenols is 1. The average molecular weight is 425 g/mol. The van der Waals surface area contributed by atoms with E-state index in [1.54, 1.807) is 11.0 Å². The highest BCUT2D eigenvalue weighted by molar-refractivity contribution is 5.85. The molecule has 0 aliphatic carbocycles. The normalized spacial score (nSPS) is 14.9. The van der Waals surface area contributed by atoms with Crippen molar-refractivity contribution in [1.82, 2.24) is 0 Å². The van der Waals surface area contributed by atoms with E-state index in [9.17, 15) is 9.90 Å². The maximum absolute atomic E-state index is 12.8. The smallest absolute Gasteiger partial charge is 0.340 e. The van der Waals surface area contributed by atoms with E-state index >= 15 is 0 Å². The van der Waals surface area contributed by atoms with E-state index in [2.05, 4.69) is 5.32 Å². The highest BCUT2D eigenvalue weighted by atomic mass is 16.5. The topological polar surface area (TPSA) is 80.7 Å². The molecule has 0 bridgehead atoms. The molecule has 2 aromatic carbocycles. The number of quaternary nitrogens is 2. The van der Waals surface area contributed by atoms with E-state index in [1.165, 1.54) is 0 Å². The number of morpholine rings is 1. The van der Waals surface area contributed by atoms with Crippen LogP contribution in [-0.2, 0) is 17.7 Å². The van der Waals surface area contributed by atoms with Crippen LogP contribution >= 0.6 is 0 Å². The lowest BCUT2D eigenvalue weighted by atomic mass is 9.98. The lowest BCUT2D eigenvalue weighted by Gasteiger charge is -2.23. The molecule has 0 unspecified atom stereocenters. The third kappa shape index (κ3) is 5.15. The van der Waals surface area contributed by atoms with Crippen LogP contribution in [0.5, 0.6) is 5.75 Å². The second kappa shape index (κ2) is 10.1. The number of phenolic OH excluding ortho intramolecular Hbond substituents is 1. The Morgan fingerprint density at radius 2 is 1.84 bits per heavy atom. The minimum Gasteiger partial charge on any atom is -0.507 e. The van der Waals surface area contributed by atoms with Gasteiger partial charge in [-0.15, -0.1) is 0 Å². The molecule has 0 atom stereocenters. The zero-order valence-corrected chi connectivity index (χ0v) is 18.2. The first-order valence-electron chi connectivity index (χ1n) is 11.2. The zero-order chi connectivity index (χ0) is 21.6. The van der Waals surface area contributed by atoms with E-state index in [4.69, 9.17) is 9.15 Å². The number of aromatic hydroxyl groups is 1. The van der Waals surface area contributed by atoms with Gasteiger partial charge in [-0.05, 0) is 30.2 Å². The maximum atomic E-state index is 12.8. The summed E-state index contributed by atoms with van der Waals surface area (Å²) in [5, 5.41) is 13.5. The van der Waals surface area contributed by atoms with Crippen LogP contribution in [-0.4, -0.2) is 44.5 Å². The van der Waals surface area contributed by atoms with Gasteiger partial charge in [-0.1, -0.05) is 30.3 Å². The van der Waals surface area contributed by atoms with Crippen molar-refractivity contribution in [2.45, 2.75) is 26.3 Å². The summed E-state index contributed by atoms with van der Waals surface area (Å²) >= 11 is 0.